The van der Waals surface area contributed by atoms with Gasteiger partial charge in [-0.1, -0.05) is 6.07 Å². The number of aromatic nitrogens is 1. The molecule has 1 saturated heterocycles. The number of nitrogens with zero attached hydrogens (tertiary/aromatic N) is 1. The predicted molar refractivity (Wildman–Crippen MR) is 97.2 cm³/mol. The van der Waals surface area contributed by atoms with Crippen LogP contribution in [0.25, 0.3) is 0 Å². The molecule has 0 spiro atoms. The van der Waals surface area contributed by atoms with Gasteiger partial charge in [0, 0.05) is 29.4 Å². The lowest BCUT2D eigenvalue weighted by Gasteiger charge is -2.26. The molecule has 0 aliphatic carbocycles. The van der Waals surface area contributed by atoms with E-state index in [1.54, 1.807) is 31.3 Å². The van der Waals surface area contributed by atoms with Crippen LogP contribution in [0, 0.1) is 6.92 Å². The van der Waals surface area contributed by atoms with Gasteiger partial charge in [0.05, 0.1) is 18.1 Å². The highest BCUT2D eigenvalue weighted by molar-refractivity contribution is 9.10. The highest BCUT2D eigenvalue weighted by Crippen LogP contribution is 2.25. The Labute approximate surface area is 154 Å². The minimum Gasteiger partial charge on any atom is -0.379 e. The van der Waals surface area contributed by atoms with E-state index in [2.05, 4.69) is 26.2 Å². The van der Waals surface area contributed by atoms with Crippen LogP contribution in [0.4, 0.5) is 5.69 Å². The summed E-state index contributed by atoms with van der Waals surface area (Å²) < 4.78 is 33.1. The lowest BCUT2D eigenvalue weighted by molar-refractivity contribution is 0.0730. The van der Waals surface area contributed by atoms with Crippen LogP contribution in [0.15, 0.2) is 39.8 Å². The van der Waals surface area contributed by atoms with E-state index in [9.17, 15) is 13.2 Å². The predicted octanol–water partition coefficient (Wildman–Crippen LogP) is 2.36. The first kappa shape index (κ1) is 18.1. The topological polar surface area (TPSA) is 91.5 Å². The Morgan fingerprint density at radius 3 is 2.64 bits per heavy atom. The number of hydrogen-bond acceptors (Lipinski definition) is 4. The van der Waals surface area contributed by atoms with Crippen LogP contribution >= 0.6 is 15.9 Å². The average Bonchev–Trinajstić information content (AvgIpc) is 3.04. The van der Waals surface area contributed by atoms with Crippen molar-refractivity contribution in [3.8, 4) is 0 Å². The third-order valence-electron chi connectivity index (χ3n) is 3.93. The van der Waals surface area contributed by atoms with Crippen molar-refractivity contribution in [1.29, 1.82) is 0 Å². The minimum absolute atomic E-state index is 0.194. The second-order valence-electron chi connectivity index (χ2n) is 5.68. The molecule has 2 heterocycles. The number of hydrogen-bond donors (Lipinski definition) is 2. The Bertz CT molecular complexity index is 889. The van der Waals surface area contributed by atoms with Gasteiger partial charge >= 0.3 is 0 Å². The zero-order valence-corrected chi connectivity index (χ0v) is 16.0. The standard InChI is InChI=1S/C16H18BrN3O4S/c1-11-2-3-13(19-16(21)14-8-12(17)10-18-14)9-15(11)25(22,23)20-4-6-24-7-5-20/h2-3,8-10,18H,4-7H2,1H3,(H,19,21). The number of sulfonamides is 1. The average molecular weight is 428 g/mol. The molecule has 1 amide bonds. The number of carbonyl (C=O) groups is 1. The summed E-state index contributed by atoms with van der Waals surface area (Å²) in [6.07, 6.45) is 1.65. The van der Waals surface area contributed by atoms with Crippen molar-refractivity contribution in [2.24, 2.45) is 0 Å². The number of carbonyl (C=O) groups excluding carboxylic acids is 1. The zero-order valence-electron chi connectivity index (χ0n) is 13.6. The highest BCUT2D eigenvalue weighted by Gasteiger charge is 2.28. The number of anilines is 1. The molecular formula is C16H18BrN3O4S. The van der Waals surface area contributed by atoms with Crippen LogP contribution in [-0.4, -0.2) is 49.9 Å². The maximum atomic E-state index is 12.9. The number of aromatic amines is 1. The van der Waals surface area contributed by atoms with Gasteiger partial charge in [0.2, 0.25) is 10.0 Å². The summed E-state index contributed by atoms with van der Waals surface area (Å²) in [4.78, 5) is 15.3. The molecule has 2 N–H and O–H groups in total. The van der Waals surface area contributed by atoms with E-state index < -0.39 is 10.0 Å². The lowest BCUT2D eigenvalue weighted by Crippen LogP contribution is -2.40. The number of amides is 1. The number of aryl methyl sites for hydroxylation is 1. The number of rotatable bonds is 4. The van der Waals surface area contributed by atoms with E-state index in [1.807, 2.05) is 0 Å². The smallest absolute Gasteiger partial charge is 0.272 e. The van der Waals surface area contributed by atoms with Gasteiger partial charge in [0.25, 0.3) is 5.91 Å². The van der Waals surface area contributed by atoms with Crippen LogP contribution in [0.2, 0.25) is 0 Å². The largest absolute Gasteiger partial charge is 0.379 e. The fourth-order valence-corrected chi connectivity index (χ4v) is 4.58. The third-order valence-corrected chi connectivity index (χ3v) is 6.42. The fourth-order valence-electron chi connectivity index (χ4n) is 2.58. The molecular weight excluding hydrogens is 410 g/mol. The van der Waals surface area contributed by atoms with Gasteiger partial charge in [0.1, 0.15) is 5.69 Å². The summed E-state index contributed by atoms with van der Waals surface area (Å²) in [5, 5.41) is 2.72. The van der Waals surface area contributed by atoms with Gasteiger partial charge in [-0.05, 0) is 46.6 Å². The van der Waals surface area contributed by atoms with Crippen molar-refractivity contribution in [2.45, 2.75) is 11.8 Å². The maximum Gasteiger partial charge on any atom is 0.272 e. The van der Waals surface area contributed by atoms with Crippen molar-refractivity contribution < 1.29 is 17.9 Å². The summed E-state index contributed by atoms with van der Waals surface area (Å²) in [7, 11) is -3.62. The van der Waals surface area contributed by atoms with Crippen molar-refractivity contribution in [3.63, 3.8) is 0 Å². The molecule has 2 aromatic rings. The van der Waals surface area contributed by atoms with Crippen LogP contribution in [0.1, 0.15) is 16.1 Å². The number of benzene rings is 1. The van der Waals surface area contributed by atoms with E-state index in [-0.39, 0.29) is 10.8 Å². The highest BCUT2D eigenvalue weighted by atomic mass is 79.9. The van der Waals surface area contributed by atoms with Gasteiger partial charge in [0.15, 0.2) is 0 Å². The van der Waals surface area contributed by atoms with Crippen LogP contribution in [-0.2, 0) is 14.8 Å². The van der Waals surface area contributed by atoms with E-state index in [4.69, 9.17) is 4.74 Å². The Balaban J connectivity index is 1.86. The van der Waals surface area contributed by atoms with Crippen LogP contribution < -0.4 is 5.32 Å². The molecule has 1 aliphatic heterocycles. The Morgan fingerprint density at radius 1 is 1.28 bits per heavy atom. The molecule has 3 rings (SSSR count). The number of ether oxygens (including phenoxy) is 1. The second kappa shape index (κ2) is 7.28. The molecule has 0 saturated carbocycles. The lowest BCUT2D eigenvalue weighted by atomic mass is 10.2. The zero-order chi connectivity index (χ0) is 18.0. The van der Waals surface area contributed by atoms with Gasteiger partial charge in [-0.2, -0.15) is 4.31 Å². The van der Waals surface area contributed by atoms with Crippen molar-refractivity contribution >= 4 is 37.5 Å². The van der Waals surface area contributed by atoms with E-state index in [0.717, 1.165) is 4.47 Å². The normalized spacial score (nSPS) is 15.9. The Hall–Kier alpha value is -1.68. The van der Waals surface area contributed by atoms with E-state index >= 15 is 0 Å². The molecule has 9 heteroatoms. The second-order valence-corrected chi connectivity index (χ2v) is 8.50. The summed E-state index contributed by atoms with van der Waals surface area (Å²) in [5.74, 6) is -0.343. The van der Waals surface area contributed by atoms with Gasteiger partial charge in [-0.25, -0.2) is 8.42 Å². The molecule has 1 fully saturated rings. The monoisotopic (exact) mass is 427 g/mol. The fraction of sp³-hybridized carbons (Fsp3) is 0.312. The molecule has 0 radical (unpaired) electrons. The molecule has 1 aromatic carbocycles. The third kappa shape index (κ3) is 3.95. The Morgan fingerprint density at radius 2 is 2.00 bits per heavy atom. The molecule has 0 bridgehead atoms. The molecule has 0 unspecified atom stereocenters. The number of H-pyrrole nitrogens is 1. The van der Waals surface area contributed by atoms with Crippen molar-refractivity contribution in [3.05, 3.63) is 46.2 Å². The van der Waals surface area contributed by atoms with Crippen molar-refractivity contribution in [1.82, 2.24) is 9.29 Å². The van der Waals surface area contributed by atoms with Crippen LogP contribution in [0.5, 0.6) is 0 Å². The number of halogens is 1. The minimum atomic E-state index is -3.62. The number of nitrogens with one attached hydrogen (secondary N) is 2. The van der Waals surface area contributed by atoms with Gasteiger partial charge in [-0.3, -0.25) is 4.79 Å². The summed E-state index contributed by atoms with van der Waals surface area (Å²) in [6.45, 7) is 3.16. The van der Waals surface area contributed by atoms with E-state index in [1.165, 1.54) is 10.4 Å². The molecule has 1 aromatic heterocycles. The first-order valence-electron chi connectivity index (χ1n) is 7.72. The molecule has 1 aliphatic rings. The first-order valence-corrected chi connectivity index (χ1v) is 9.95. The maximum absolute atomic E-state index is 12.9. The SMILES string of the molecule is Cc1ccc(NC(=O)c2cc(Br)c[nH]2)cc1S(=O)(=O)N1CCOCC1. The van der Waals surface area contributed by atoms with Gasteiger partial charge < -0.3 is 15.0 Å². The summed E-state index contributed by atoms with van der Waals surface area (Å²) in [6, 6.07) is 6.52. The van der Waals surface area contributed by atoms with Crippen molar-refractivity contribution in [2.75, 3.05) is 31.6 Å². The summed E-state index contributed by atoms with van der Waals surface area (Å²) in [5.41, 5.74) is 1.44. The van der Waals surface area contributed by atoms with Gasteiger partial charge in [-0.15, -0.1) is 0 Å². The number of morpholine rings is 1. The first-order chi connectivity index (χ1) is 11.9. The molecule has 0 atom stereocenters. The van der Waals surface area contributed by atoms with E-state index in [0.29, 0.717) is 43.2 Å². The molecule has 25 heavy (non-hydrogen) atoms. The Kier molecular flexibility index (Phi) is 5.28. The summed E-state index contributed by atoms with van der Waals surface area (Å²) >= 11 is 3.27. The quantitative estimate of drug-likeness (QED) is 0.782. The molecule has 7 nitrogen and oxygen atoms in total. The molecule has 134 valence electrons. The van der Waals surface area contributed by atoms with Crippen LogP contribution in [0.3, 0.4) is 0 Å².